The van der Waals surface area contributed by atoms with Crippen LogP contribution in [0.25, 0.3) is 11.3 Å². The van der Waals surface area contributed by atoms with Gasteiger partial charge in [0.1, 0.15) is 11.6 Å². The number of anilines is 1. The Morgan fingerprint density at radius 1 is 1.19 bits per heavy atom. The number of nitrogens with zero attached hydrogens (tertiary/aromatic N) is 1. The van der Waals surface area contributed by atoms with Gasteiger partial charge in [0.2, 0.25) is 0 Å². The summed E-state index contributed by atoms with van der Waals surface area (Å²) < 4.78 is 0. The van der Waals surface area contributed by atoms with Crippen molar-refractivity contribution in [2.24, 2.45) is 0 Å². The molecule has 0 aliphatic heterocycles. The monoisotopic (exact) mass is 215 g/mol. The van der Waals surface area contributed by atoms with E-state index in [1.54, 1.807) is 0 Å². The van der Waals surface area contributed by atoms with Crippen LogP contribution in [0.15, 0.2) is 24.3 Å². The van der Waals surface area contributed by atoms with Gasteiger partial charge in [-0.25, -0.2) is 4.98 Å². The Balaban J connectivity index is 2.38. The van der Waals surface area contributed by atoms with E-state index in [2.05, 4.69) is 48.1 Å². The molecule has 3 N–H and O–H groups in total. The number of aryl methyl sites for hydroxylation is 1. The summed E-state index contributed by atoms with van der Waals surface area (Å²) in [5.74, 6) is 1.96. The second kappa shape index (κ2) is 4.00. The molecule has 2 rings (SSSR count). The van der Waals surface area contributed by atoms with E-state index in [4.69, 9.17) is 5.73 Å². The second-order valence-corrected chi connectivity index (χ2v) is 4.36. The minimum Gasteiger partial charge on any atom is -0.382 e. The molecule has 1 aromatic carbocycles. The third kappa shape index (κ3) is 1.94. The van der Waals surface area contributed by atoms with Gasteiger partial charge in [0.15, 0.2) is 0 Å². The molecular formula is C13H17N3. The van der Waals surface area contributed by atoms with E-state index in [0.717, 1.165) is 17.1 Å². The van der Waals surface area contributed by atoms with Crippen molar-refractivity contribution in [3.05, 3.63) is 35.7 Å². The molecule has 0 unspecified atom stereocenters. The molecule has 3 nitrogen and oxygen atoms in total. The van der Waals surface area contributed by atoms with Crippen LogP contribution in [0, 0.1) is 6.92 Å². The standard InChI is InChI=1S/C13H17N3/c1-8(2)10-4-6-11(7-5-10)12-13(14)16-9(3)15-12/h4-8H,14H2,1-3H3,(H,15,16). The smallest absolute Gasteiger partial charge is 0.149 e. The highest BCUT2D eigenvalue weighted by Gasteiger charge is 2.07. The minimum atomic E-state index is 0.551. The molecule has 0 saturated carbocycles. The van der Waals surface area contributed by atoms with E-state index in [1.807, 2.05) is 6.92 Å². The van der Waals surface area contributed by atoms with Crippen LogP contribution < -0.4 is 5.73 Å². The summed E-state index contributed by atoms with van der Waals surface area (Å²) in [6.07, 6.45) is 0. The van der Waals surface area contributed by atoms with Crippen molar-refractivity contribution < 1.29 is 0 Å². The van der Waals surface area contributed by atoms with Gasteiger partial charge in [-0.15, -0.1) is 0 Å². The summed E-state index contributed by atoms with van der Waals surface area (Å²) in [6.45, 7) is 6.27. The first kappa shape index (κ1) is 10.7. The predicted molar refractivity (Wildman–Crippen MR) is 67.3 cm³/mol. The maximum atomic E-state index is 5.83. The molecule has 0 aliphatic rings. The van der Waals surface area contributed by atoms with Gasteiger partial charge >= 0.3 is 0 Å². The molecule has 0 aliphatic carbocycles. The van der Waals surface area contributed by atoms with Crippen LogP contribution in [0.1, 0.15) is 31.2 Å². The van der Waals surface area contributed by atoms with Gasteiger partial charge in [0.25, 0.3) is 0 Å². The highest BCUT2D eigenvalue weighted by molar-refractivity contribution is 5.70. The van der Waals surface area contributed by atoms with E-state index < -0.39 is 0 Å². The Bertz CT molecular complexity index is 480. The summed E-state index contributed by atoms with van der Waals surface area (Å²) in [4.78, 5) is 7.34. The molecule has 2 aromatic rings. The zero-order valence-corrected chi connectivity index (χ0v) is 9.91. The van der Waals surface area contributed by atoms with Crippen LogP contribution >= 0.6 is 0 Å². The quantitative estimate of drug-likeness (QED) is 0.808. The van der Waals surface area contributed by atoms with E-state index in [9.17, 15) is 0 Å². The number of nitrogens with one attached hydrogen (secondary N) is 1. The van der Waals surface area contributed by atoms with Crippen LogP contribution in [0.2, 0.25) is 0 Å². The van der Waals surface area contributed by atoms with Crippen molar-refractivity contribution in [2.45, 2.75) is 26.7 Å². The van der Waals surface area contributed by atoms with Crippen LogP contribution in [-0.4, -0.2) is 9.97 Å². The molecule has 0 atom stereocenters. The third-order valence-electron chi connectivity index (χ3n) is 2.72. The first-order chi connectivity index (χ1) is 7.58. The molecule has 1 aromatic heterocycles. The largest absolute Gasteiger partial charge is 0.382 e. The highest BCUT2D eigenvalue weighted by Crippen LogP contribution is 2.25. The maximum absolute atomic E-state index is 5.83. The van der Waals surface area contributed by atoms with Gasteiger partial charge in [0, 0.05) is 5.56 Å². The lowest BCUT2D eigenvalue weighted by molar-refractivity contribution is 0.867. The summed E-state index contributed by atoms with van der Waals surface area (Å²) in [5.41, 5.74) is 9.16. The van der Waals surface area contributed by atoms with E-state index in [-0.39, 0.29) is 0 Å². The number of imidazole rings is 1. The predicted octanol–water partition coefficient (Wildman–Crippen LogP) is 3.09. The molecule has 16 heavy (non-hydrogen) atoms. The topological polar surface area (TPSA) is 54.7 Å². The molecule has 0 amide bonds. The fourth-order valence-electron chi connectivity index (χ4n) is 1.76. The molecule has 3 heteroatoms. The van der Waals surface area contributed by atoms with Crippen LogP contribution in [0.4, 0.5) is 5.82 Å². The lowest BCUT2D eigenvalue weighted by Gasteiger charge is -2.06. The number of H-pyrrole nitrogens is 1. The minimum absolute atomic E-state index is 0.551. The molecule has 1 heterocycles. The molecule has 0 saturated heterocycles. The zero-order valence-electron chi connectivity index (χ0n) is 9.91. The lowest BCUT2D eigenvalue weighted by Crippen LogP contribution is -1.90. The zero-order chi connectivity index (χ0) is 11.7. The van der Waals surface area contributed by atoms with E-state index >= 15 is 0 Å². The van der Waals surface area contributed by atoms with Gasteiger partial charge in [0.05, 0.1) is 5.69 Å². The molecule has 84 valence electrons. The molecular weight excluding hydrogens is 198 g/mol. The summed E-state index contributed by atoms with van der Waals surface area (Å²) in [7, 11) is 0. The number of nitrogens with two attached hydrogens (primary N) is 1. The number of rotatable bonds is 2. The van der Waals surface area contributed by atoms with E-state index in [0.29, 0.717) is 11.7 Å². The van der Waals surface area contributed by atoms with Crippen molar-refractivity contribution >= 4 is 5.82 Å². The van der Waals surface area contributed by atoms with E-state index in [1.165, 1.54) is 5.56 Å². The van der Waals surface area contributed by atoms with Crippen LogP contribution in [0.3, 0.4) is 0 Å². The SMILES string of the molecule is Cc1nc(N)c(-c2ccc(C(C)C)cc2)[nH]1. The fraction of sp³-hybridized carbons (Fsp3) is 0.308. The number of hydrogen-bond donors (Lipinski definition) is 2. The van der Waals surface area contributed by atoms with Crippen molar-refractivity contribution in [3.63, 3.8) is 0 Å². The molecule has 0 bridgehead atoms. The average molecular weight is 215 g/mol. The summed E-state index contributed by atoms with van der Waals surface area (Å²) in [6, 6.07) is 8.43. The Kier molecular flexibility index (Phi) is 2.69. The lowest BCUT2D eigenvalue weighted by atomic mass is 10.0. The van der Waals surface area contributed by atoms with Gasteiger partial charge < -0.3 is 10.7 Å². The van der Waals surface area contributed by atoms with Crippen molar-refractivity contribution in [3.8, 4) is 11.3 Å². The van der Waals surface area contributed by atoms with Crippen molar-refractivity contribution in [1.29, 1.82) is 0 Å². The number of aromatic amines is 1. The highest BCUT2D eigenvalue weighted by atomic mass is 15.0. The number of benzene rings is 1. The van der Waals surface area contributed by atoms with Gasteiger partial charge in [-0.05, 0) is 18.4 Å². The second-order valence-electron chi connectivity index (χ2n) is 4.36. The van der Waals surface area contributed by atoms with Gasteiger partial charge in [-0.1, -0.05) is 38.1 Å². The fourth-order valence-corrected chi connectivity index (χ4v) is 1.76. The van der Waals surface area contributed by atoms with Gasteiger partial charge in [-0.2, -0.15) is 0 Å². The third-order valence-corrected chi connectivity index (χ3v) is 2.72. The van der Waals surface area contributed by atoms with Gasteiger partial charge in [-0.3, -0.25) is 0 Å². The Morgan fingerprint density at radius 2 is 1.81 bits per heavy atom. The van der Waals surface area contributed by atoms with Crippen LogP contribution in [-0.2, 0) is 0 Å². The first-order valence-corrected chi connectivity index (χ1v) is 5.50. The van der Waals surface area contributed by atoms with Crippen molar-refractivity contribution in [2.75, 3.05) is 5.73 Å². The normalized spacial score (nSPS) is 11.0. The molecule has 0 spiro atoms. The Morgan fingerprint density at radius 3 is 2.25 bits per heavy atom. The number of hydrogen-bond acceptors (Lipinski definition) is 2. The summed E-state index contributed by atoms with van der Waals surface area (Å²) >= 11 is 0. The van der Waals surface area contributed by atoms with Crippen LogP contribution in [0.5, 0.6) is 0 Å². The molecule has 0 radical (unpaired) electrons. The Hall–Kier alpha value is -1.77. The molecule has 0 fully saturated rings. The average Bonchev–Trinajstić information content (AvgIpc) is 2.58. The summed E-state index contributed by atoms with van der Waals surface area (Å²) in [5, 5.41) is 0. The maximum Gasteiger partial charge on any atom is 0.149 e. The number of nitrogen functional groups attached to an aromatic ring is 1. The number of aromatic nitrogens is 2. The van der Waals surface area contributed by atoms with Crippen molar-refractivity contribution in [1.82, 2.24) is 9.97 Å². The Labute approximate surface area is 95.7 Å². The first-order valence-electron chi connectivity index (χ1n) is 5.50.